The molecule has 0 amide bonds. The van der Waals surface area contributed by atoms with E-state index in [1.807, 2.05) is 43.3 Å². The van der Waals surface area contributed by atoms with E-state index >= 15 is 0 Å². The molecule has 1 aromatic heterocycles. The number of hydrogen-bond acceptors (Lipinski definition) is 6. The van der Waals surface area contributed by atoms with Gasteiger partial charge in [-0.05, 0) is 44.5 Å². The first-order valence-corrected chi connectivity index (χ1v) is 9.61. The summed E-state index contributed by atoms with van der Waals surface area (Å²) in [5.41, 5.74) is 4.54. The highest BCUT2D eigenvalue weighted by Crippen LogP contribution is 2.28. The van der Waals surface area contributed by atoms with Gasteiger partial charge in [-0.25, -0.2) is 4.99 Å². The van der Waals surface area contributed by atoms with Crippen molar-refractivity contribution in [3.8, 4) is 17.5 Å². The Hall–Kier alpha value is -3.79. The Bertz CT molecular complexity index is 1150. The minimum absolute atomic E-state index is 0.235. The Balaban J connectivity index is 1.76. The van der Waals surface area contributed by atoms with Gasteiger partial charge in [-0.2, -0.15) is 15.0 Å². The number of aryl methyl sites for hydroxylation is 1. The van der Waals surface area contributed by atoms with Gasteiger partial charge in [0, 0.05) is 24.3 Å². The monoisotopic (exact) mass is 383 g/mol. The average Bonchev–Trinajstić information content (AvgIpc) is 3.31. The lowest BCUT2D eigenvalue weighted by Crippen LogP contribution is -2.21. The smallest absolute Gasteiger partial charge is 0.206 e. The molecule has 144 valence electrons. The van der Waals surface area contributed by atoms with Gasteiger partial charge in [0.05, 0.1) is 5.69 Å². The van der Waals surface area contributed by atoms with E-state index in [0.29, 0.717) is 17.4 Å². The van der Waals surface area contributed by atoms with E-state index in [-0.39, 0.29) is 5.71 Å². The molecule has 4 rings (SSSR count). The highest BCUT2D eigenvalue weighted by atomic mass is 15.5. The minimum atomic E-state index is 0.235. The van der Waals surface area contributed by atoms with Crippen molar-refractivity contribution in [2.45, 2.75) is 20.8 Å². The fourth-order valence-corrected chi connectivity index (χ4v) is 3.39. The molecule has 0 unspecified atom stereocenters. The van der Waals surface area contributed by atoms with Crippen molar-refractivity contribution in [1.29, 1.82) is 5.26 Å². The maximum Gasteiger partial charge on any atom is 0.206 e. The summed E-state index contributed by atoms with van der Waals surface area (Å²) < 4.78 is 1.59. The first-order chi connectivity index (χ1) is 14.2. The maximum atomic E-state index is 9.59. The van der Waals surface area contributed by atoms with Crippen LogP contribution in [-0.4, -0.2) is 39.4 Å². The molecule has 0 N–H and O–H groups in total. The van der Waals surface area contributed by atoms with Crippen LogP contribution in [-0.2, 0) is 0 Å². The van der Waals surface area contributed by atoms with Gasteiger partial charge in [0.25, 0.3) is 0 Å². The maximum absolute atomic E-state index is 9.59. The van der Waals surface area contributed by atoms with Crippen molar-refractivity contribution < 1.29 is 0 Å². The Kier molecular flexibility index (Phi) is 4.92. The lowest BCUT2D eigenvalue weighted by molar-refractivity contribution is 0.865. The highest BCUT2D eigenvalue weighted by molar-refractivity contribution is 6.54. The van der Waals surface area contributed by atoms with Gasteiger partial charge in [-0.15, -0.1) is 10.2 Å². The van der Waals surface area contributed by atoms with Crippen molar-refractivity contribution in [3.63, 3.8) is 0 Å². The number of rotatable bonds is 5. The number of fused-ring (bicyclic) bond motifs is 1. The molecule has 7 nitrogen and oxygen atoms in total. The molecular weight excluding hydrogens is 362 g/mol. The van der Waals surface area contributed by atoms with Gasteiger partial charge in [-0.3, -0.25) is 0 Å². The topological polar surface area (TPSA) is 82.5 Å². The summed E-state index contributed by atoms with van der Waals surface area (Å²) in [6.45, 7) is 8.18. The summed E-state index contributed by atoms with van der Waals surface area (Å²) in [5, 5.41) is 22.5. The van der Waals surface area contributed by atoms with Crippen molar-refractivity contribution in [2.75, 3.05) is 18.0 Å². The predicted octanol–water partition coefficient (Wildman–Crippen LogP) is 3.96. The Morgan fingerprint density at radius 3 is 2.41 bits per heavy atom. The second kappa shape index (κ2) is 7.68. The van der Waals surface area contributed by atoms with Crippen molar-refractivity contribution in [1.82, 2.24) is 14.9 Å². The number of nitriles is 1. The fraction of sp³-hybridized carbons (Fsp3) is 0.227. The van der Waals surface area contributed by atoms with E-state index in [1.165, 1.54) is 0 Å². The summed E-state index contributed by atoms with van der Waals surface area (Å²) in [7, 11) is 0. The van der Waals surface area contributed by atoms with Crippen LogP contribution in [0.2, 0.25) is 0 Å². The van der Waals surface area contributed by atoms with Crippen LogP contribution >= 0.6 is 0 Å². The Morgan fingerprint density at radius 2 is 1.76 bits per heavy atom. The Labute approximate surface area is 169 Å². The third-order valence-electron chi connectivity index (χ3n) is 4.96. The quantitative estimate of drug-likeness (QED) is 0.668. The third kappa shape index (κ3) is 3.29. The number of aliphatic imine (C=N–C) groups is 1. The van der Waals surface area contributed by atoms with E-state index in [1.54, 1.807) is 4.68 Å². The zero-order chi connectivity index (χ0) is 20.4. The van der Waals surface area contributed by atoms with Crippen LogP contribution in [0.15, 0.2) is 58.6 Å². The van der Waals surface area contributed by atoms with E-state index in [2.05, 4.69) is 52.2 Å². The SMILES string of the molecule is CCN(CC)c1ccc(N=C2C(C#N)=Nn3c2nnc3-c2ccccc2)c(C)c1. The average molecular weight is 383 g/mol. The van der Waals surface area contributed by atoms with Crippen LogP contribution in [0.5, 0.6) is 0 Å². The molecule has 2 aromatic carbocycles. The summed E-state index contributed by atoms with van der Waals surface area (Å²) in [6.07, 6.45) is 0. The molecule has 0 bridgehead atoms. The molecule has 2 heterocycles. The minimum Gasteiger partial charge on any atom is -0.372 e. The molecule has 0 atom stereocenters. The van der Waals surface area contributed by atoms with Gasteiger partial charge in [0.1, 0.15) is 11.8 Å². The summed E-state index contributed by atoms with van der Waals surface area (Å²) >= 11 is 0. The summed E-state index contributed by atoms with van der Waals surface area (Å²) in [5.74, 6) is 1.07. The number of hydrogen-bond donors (Lipinski definition) is 0. The normalized spacial score (nSPS) is 13.9. The third-order valence-corrected chi connectivity index (χ3v) is 4.96. The Morgan fingerprint density at radius 1 is 1.03 bits per heavy atom. The lowest BCUT2D eigenvalue weighted by atomic mass is 10.1. The molecule has 0 spiro atoms. The van der Waals surface area contributed by atoms with Gasteiger partial charge in [-0.1, -0.05) is 30.3 Å². The standard InChI is InChI=1S/C22H21N7/c1-4-28(5-2)17-11-12-18(15(3)13-17)24-20-19(14-23)27-29-21(25-26-22(20)29)16-9-7-6-8-10-16/h6-13H,4-5H2,1-3H3. The number of nitrogens with zero attached hydrogens (tertiary/aromatic N) is 7. The van der Waals surface area contributed by atoms with Crippen molar-refractivity contribution >= 4 is 22.8 Å². The first kappa shape index (κ1) is 18.6. The molecule has 0 radical (unpaired) electrons. The highest BCUT2D eigenvalue weighted by Gasteiger charge is 2.29. The van der Waals surface area contributed by atoms with Crippen molar-refractivity contribution in [3.05, 3.63) is 59.9 Å². The van der Waals surface area contributed by atoms with Crippen LogP contribution in [0.4, 0.5) is 11.4 Å². The van der Waals surface area contributed by atoms with Gasteiger partial charge in [0.15, 0.2) is 11.5 Å². The van der Waals surface area contributed by atoms with Crippen LogP contribution in [0.1, 0.15) is 25.2 Å². The van der Waals surface area contributed by atoms with Crippen LogP contribution < -0.4 is 4.90 Å². The van der Waals surface area contributed by atoms with Crippen LogP contribution in [0, 0.1) is 18.3 Å². The van der Waals surface area contributed by atoms with E-state index < -0.39 is 0 Å². The second-order valence-electron chi connectivity index (χ2n) is 6.69. The lowest BCUT2D eigenvalue weighted by Gasteiger charge is -2.21. The first-order valence-electron chi connectivity index (χ1n) is 9.61. The van der Waals surface area contributed by atoms with Gasteiger partial charge >= 0.3 is 0 Å². The molecule has 0 saturated carbocycles. The fourth-order valence-electron chi connectivity index (χ4n) is 3.39. The molecule has 1 aliphatic rings. The molecule has 3 aromatic rings. The molecule has 7 heteroatoms. The zero-order valence-electron chi connectivity index (χ0n) is 16.7. The van der Waals surface area contributed by atoms with Crippen LogP contribution in [0.25, 0.3) is 11.4 Å². The number of anilines is 1. The molecule has 0 aliphatic carbocycles. The summed E-state index contributed by atoms with van der Waals surface area (Å²) in [4.78, 5) is 7.01. The van der Waals surface area contributed by atoms with E-state index in [9.17, 15) is 5.26 Å². The molecule has 29 heavy (non-hydrogen) atoms. The molecular formula is C22H21N7. The molecule has 0 fully saturated rings. The van der Waals surface area contributed by atoms with Crippen molar-refractivity contribution in [2.24, 2.45) is 10.1 Å². The largest absolute Gasteiger partial charge is 0.372 e. The number of aromatic nitrogens is 3. The van der Waals surface area contributed by atoms with Gasteiger partial charge < -0.3 is 4.90 Å². The summed E-state index contributed by atoms with van der Waals surface area (Å²) in [6, 6.07) is 17.9. The van der Waals surface area contributed by atoms with E-state index in [4.69, 9.17) is 4.99 Å². The molecule has 1 aliphatic heterocycles. The number of benzene rings is 2. The van der Waals surface area contributed by atoms with Crippen LogP contribution in [0.3, 0.4) is 0 Å². The predicted molar refractivity (Wildman–Crippen MR) is 115 cm³/mol. The van der Waals surface area contributed by atoms with Gasteiger partial charge in [0.2, 0.25) is 5.82 Å². The second-order valence-corrected chi connectivity index (χ2v) is 6.69. The van der Waals surface area contributed by atoms with E-state index in [0.717, 1.165) is 35.6 Å². The molecule has 0 saturated heterocycles. The zero-order valence-corrected chi connectivity index (χ0v) is 16.7.